The molecular weight excluding hydrogens is 549 g/mol. The Kier molecular flexibility index (Phi) is 5.38. The number of nitrogens with zero attached hydrogens (tertiary/aromatic N) is 2. The molecule has 3 aromatic rings. The van der Waals surface area contributed by atoms with Gasteiger partial charge in [-0.1, -0.05) is 64.5 Å². The molecule has 0 aliphatic carbocycles. The number of anilines is 2. The van der Waals surface area contributed by atoms with E-state index in [2.05, 4.69) is 15.9 Å². The average Bonchev–Trinajstić information content (AvgIpc) is 3.36. The van der Waals surface area contributed by atoms with Gasteiger partial charge in [-0.3, -0.25) is 14.4 Å². The van der Waals surface area contributed by atoms with Crippen LogP contribution in [-0.2, 0) is 15.8 Å². The van der Waals surface area contributed by atoms with Crippen molar-refractivity contribution in [2.75, 3.05) is 9.80 Å². The molecule has 3 aromatic carbocycles. The molecule has 0 radical (unpaired) electrons. The number of amides is 2. The van der Waals surface area contributed by atoms with Crippen molar-refractivity contribution in [2.45, 2.75) is 18.3 Å². The number of carbonyl (C=O) groups excluding carboxylic acids is 3. The SMILES string of the molecule is O=C(c1ccc(Br)cc1)[C@@H]1[C@H]2C(=O)N(c3cccc(C(F)(F)F)c3)C(=O)[C@@H]2[C@@H]2C=Cc3ccccc3N12. The van der Waals surface area contributed by atoms with Crippen LogP contribution < -0.4 is 9.80 Å². The van der Waals surface area contributed by atoms with E-state index in [0.29, 0.717) is 5.56 Å². The lowest BCUT2D eigenvalue weighted by Crippen LogP contribution is -2.48. The van der Waals surface area contributed by atoms with Crippen LogP contribution in [0.15, 0.2) is 83.3 Å². The minimum atomic E-state index is -4.63. The summed E-state index contributed by atoms with van der Waals surface area (Å²) >= 11 is 3.35. The lowest BCUT2D eigenvalue weighted by atomic mass is 9.86. The Labute approximate surface area is 218 Å². The summed E-state index contributed by atoms with van der Waals surface area (Å²) in [5, 5.41) is 0. The number of carbonyl (C=O) groups is 3. The second-order valence-corrected chi connectivity index (χ2v) is 10.2. The Morgan fingerprint density at radius 3 is 2.30 bits per heavy atom. The monoisotopic (exact) mass is 566 g/mol. The summed E-state index contributed by atoms with van der Waals surface area (Å²) < 4.78 is 40.9. The Bertz CT molecular complexity index is 1480. The number of ketones is 1. The van der Waals surface area contributed by atoms with Gasteiger partial charge in [0.1, 0.15) is 6.04 Å². The molecule has 0 bridgehead atoms. The predicted octanol–water partition coefficient (Wildman–Crippen LogP) is 5.74. The highest BCUT2D eigenvalue weighted by atomic mass is 79.9. The highest BCUT2D eigenvalue weighted by Crippen LogP contribution is 2.50. The average molecular weight is 567 g/mol. The van der Waals surface area contributed by atoms with E-state index >= 15 is 0 Å². The first kappa shape index (κ1) is 23.7. The van der Waals surface area contributed by atoms with Gasteiger partial charge in [0.25, 0.3) is 0 Å². The molecule has 0 aromatic heterocycles. The molecule has 0 N–H and O–H groups in total. The first-order valence-electron chi connectivity index (χ1n) is 11.6. The molecule has 2 fully saturated rings. The molecule has 5 nitrogen and oxygen atoms in total. The van der Waals surface area contributed by atoms with Gasteiger partial charge in [-0.25, -0.2) is 4.90 Å². The Morgan fingerprint density at radius 2 is 1.57 bits per heavy atom. The quantitative estimate of drug-likeness (QED) is 0.299. The van der Waals surface area contributed by atoms with Crippen molar-refractivity contribution in [3.8, 4) is 0 Å². The third kappa shape index (κ3) is 3.63. The van der Waals surface area contributed by atoms with E-state index in [1.165, 1.54) is 12.1 Å². The Balaban J connectivity index is 1.48. The number of alkyl halides is 3. The normalized spacial score (nSPS) is 24.2. The Morgan fingerprint density at radius 1 is 0.865 bits per heavy atom. The zero-order valence-corrected chi connectivity index (χ0v) is 20.6. The van der Waals surface area contributed by atoms with Crippen LogP contribution in [0.2, 0.25) is 0 Å². The fourth-order valence-corrected chi connectivity index (χ4v) is 5.94. The van der Waals surface area contributed by atoms with E-state index < -0.39 is 47.5 Å². The predicted molar refractivity (Wildman–Crippen MR) is 135 cm³/mol. The van der Waals surface area contributed by atoms with Crippen LogP contribution in [0.5, 0.6) is 0 Å². The van der Waals surface area contributed by atoms with E-state index in [9.17, 15) is 27.6 Å². The molecule has 3 heterocycles. The van der Waals surface area contributed by atoms with Crippen LogP contribution in [0.3, 0.4) is 0 Å². The summed E-state index contributed by atoms with van der Waals surface area (Å²) in [5.74, 6) is -3.60. The van der Waals surface area contributed by atoms with Gasteiger partial charge in [0.15, 0.2) is 5.78 Å². The standard InChI is InChI=1S/C28H18BrF3N2O3/c29-18-11-8-16(9-12-18)25(35)24-23-22(21-13-10-15-4-1-2-7-20(15)34(21)24)26(36)33(27(23)37)19-6-3-5-17(14-19)28(30,31)32/h1-14,21-24H/t21-,22+,23-,24-/m0/s1. The molecule has 0 saturated carbocycles. The second kappa shape index (κ2) is 8.41. The number of rotatable bonds is 3. The van der Waals surface area contributed by atoms with Gasteiger partial charge in [0, 0.05) is 15.7 Å². The van der Waals surface area contributed by atoms with E-state index in [0.717, 1.165) is 32.8 Å². The van der Waals surface area contributed by atoms with Gasteiger partial charge >= 0.3 is 6.18 Å². The Hall–Kier alpha value is -3.72. The fraction of sp³-hybridized carbons (Fsp3) is 0.179. The van der Waals surface area contributed by atoms with Crippen LogP contribution in [-0.4, -0.2) is 29.7 Å². The summed E-state index contributed by atoms with van der Waals surface area (Å²) in [6.07, 6.45) is -0.981. The van der Waals surface area contributed by atoms with Crippen LogP contribution >= 0.6 is 15.9 Å². The van der Waals surface area contributed by atoms with Gasteiger partial charge in [0.05, 0.1) is 29.1 Å². The van der Waals surface area contributed by atoms with Crippen molar-refractivity contribution in [3.05, 3.63) is 100 Å². The molecular formula is C28H18BrF3N2O3. The lowest BCUT2D eigenvalue weighted by molar-refractivity contribution is -0.137. The number of halogens is 4. The van der Waals surface area contributed by atoms with Gasteiger partial charge in [0.2, 0.25) is 11.8 Å². The van der Waals surface area contributed by atoms with Crippen molar-refractivity contribution >= 4 is 51.0 Å². The zero-order valence-electron chi connectivity index (χ0n) is 19.0. The summed E-state index contributed by atoms with van der Waals surface area (Å²) in [7, 11) is 0. The summed E-state index contributed by atoms with van der Waals surface area (Å²) in [6.45, 7) is 0. The molecule has 9 heteroatoms. The number of benzene rings is 3. The maximum absolute atomic E-state index is 13.9. The van der Waals surface area contributed by atoms with Crippen LogP contribution in [0.1, 0.15) is 21.5 Å². The molecule has 2 amide bonds. The maximum Gasteiger partial charge on any atom is 0.416 e. The molecule has 4 atom stereocenters. The first-order chi connectivity index (χ1) is 17.7. The largest absolute Gasteiger partial charge is 0.416 e. The van der Waals surface area contributed by atoms with E-state index in [1.54, 1.807) is 30.3 Å². The summed E-state index contributed by atoms with van der Waals surface area (Å²) in [5.41, 5.74) is 0.838. The molecule has 2 saturated heterocycles. The van der Waals surface area contributed by atoms with Crippen LogP contribution in [0.4, 0.5) is 24.5 Å². The fourth-order valence-electron chi connectivity index (χ4n) is 5.67. The molecule has 6 rings (SSSR count). The van der Waals surface area contributed by atoms with Crippen LogP contribution in [0, 0.1) is 11.8 Å². The number of Topliss-reactive ketones (excluding diaryl/α,β-unsaturated/α-hetero) is 1. The molecule has 37 heavy (non-hydrogen) atoms. The van der Waals surface area contributed by atoms with Crippen molar-refractivity contribution in [3.63, 3.8) is 0 Å². The summed E-state index contributed by atoms with van der Waals surface area (Å²) in [4.78, 5) is 44.1. The molecule has 0 spiro atoms. The van der Waals surface area contributed by atoms with E-state index in [4.69, 9.17) is 0 Å². The minimum absolute atomic E-state index is 0.152. The van der Waals surface area contributed by atoms with Crippen molar-refractivity contribution in [1.29, 1.82) is 0 Å². The smallest absolute Gasteiger partial charge is 0.352 e. The highest BCUT2D eigenvalue weighted by Gasteiger charge is 2.64. The van der Waals surface area contributed by atoms with Crippen molar-refractivity contribution < 1.29 is 27.6 Å². The number of hydrogen-bond donors (Lipinski definition) is 0. The molecule has 0 unspecified atom stereocenters. The van der Waals surface area contributed by atoms with Gasteiger partial charge in [-0.05, 0) is 42.0 Å². The zero-order chi connectivity index (χ0) is 26.1. The van der Waals surface area contributed by atoms with Crippen molar-refractivity contribution in [2.24, 2.45) is 11.8 Å². The molecule has 3 aliphatic heterocycles. The van der Waals surface area contributed by atoms with E-state index in [1.807, 2.05) is 35.2 Å². The third-order valence-corrected chi connectivity index (χ3v) is 7.77. The molecule has 186 valence electrons. The second-order valence-electron chi connectivity index (χ2n) is 9.24. The first-order valence-corrected chi connectivity index (χ1v) is 12.4. The molecule has 3 aliphatic rings. The number of fused-ring (bicyclic) bond motifs is 5. The lowest BCUT2D eigenvalue weighted by Gasteiger charge is -2.36. The van der Waals surface area contributed by atoms with E-state index in [-0.39, 0.29) is 11.5 Å². The van der Waals surface area contributed by atoms with Gasteiger partial charge in [-0.15, -0.1) is 0 Å². The minimum Gasteiger partial charge on any atom is -0.352 e. The number of para-hydroxylation sites is 1. The highest BCUT2D eigenvalue weighted by molar-refractivity contribution is 9.10. The van der Waals surface area contributed by atoms with Crippen molar-refractivity contribution in [1.82, 2.24) is 0 Å². The number of hydrogen-bond acceptors (Lipinski definition) is 4. The van der Waals surface area contributed by atoms with Gasteiger partial charge < -0.3 is 4.90 Å². The third-order valence-electron chi connectivity index (χ3n) is 7.24. The topological polar surface area (TPSA) is 57.7 Å². The summed E-state index contributed by atoms with van der Waals surface area (Å²) in [6, 6.07) is 16.7. The van der Waals surface area contributed by atoms with Gasteiger partial charge in [-0.2, -0.15) is 13.2 Å². The van der Waals surface area contributed by atoms with Crippen LogP contribution in [0.25, 0.3) is 6.08 Å². The maximum atomic E-state index is 13.9. The number of imide groups is 1.